The molecule has 0 bridgehead atoms. The van der Waals surface area contributed by atoms with Gasteiger partial charge in [0.25, 0.3) is 0 Å². The maximum absolute atomic E-state index is 6.10. The molecule has 0 radical (unpaired) electrons. The average molecular weight is 276 g/mol. The van der Waals surface area contributed by atoms with E-state index in [-0.39, 0.29) is 5.54 Å². The SMILES string of the molecule is Cc1cnc(CN2CCN(C(C)(C)C)CC2)c(C)c1N. The van der Waals surface area contributed by atoms with E-state index in [1.165, 1.54) is 0 Å². The summed E-state index contributed by atoms with van der Waals surface area (Å²) in [6.07, 6.45) is 1.89. The number of anilines is 1. The Morgan fingerprint density at radius 1 is 1.15 bits per heavy atom. The molecule has 0 spiro atoms. The third-order valence-corrected chi connectivity index (χ3v) is 4.37. The second kappa shape index (κ2) is 5.70. The van der Waals surface area contributed by atoms with Gasteiger partial charge in [-0.3, -0.25) is 14.8 Å². The van der Waals surface area contributed by atoms with Crippen LogP contribution in [0, 0.1) is 13.8 Å². The van der Waals surface area contributed by atoms with Gasteiger partial charge < -0.3 is 5.73 Å². The molecule has 0 aliphatic carbocycles. The molecule has 1 aliphatic rings. The van der Waals surface area contributed by atoms with Gasteiger partial charge >= 0.3 is 0 Å². The van der Waals surface area contributed by atoms with E-state index in [0.717, 1.165) is 55.2 Å². The minimum atomic E-state index is 0.272. The summed E-state index contributed by atoms with van der Waals surface area (Å²) in [6, 6.07) is 0. The third-order valence-electron chi connectivity index (χ3n) is 4.37. The smallest absolute Gasteiger partial charge is 0.0593 e. The number of aromatic nitrogens is 1. The van der Waals surface area contributed by atoms with Crippen molar-refractivity contribution >= 4 is 5.69 Å². The Morgan fingerprint density at radius 2 is 1.75 bits per heavy atom. The highest BCUT2D eigenvalue weighted by molar-refractivity contribution is 5.53. The fraction of sp³-hybridized carbons (Fsp3) is 0.688. The molecule has 1 fully saturated rings. The lowest BCUT2D eigenvalue weighted by Gasteiger charge is -2.42. The Bertz CT molecular complexity index is 468. The first kappa shape index (κ1) is 15.3. The standard InChI is InChI=1S/C16H28N4/c1-12-10-18-14(13(2)15(12)17)11-19-6-8-20(9-7-19)16(3,4)5/h10H,6-9,11H2,1-5H3,(H2,17,18). The van der Waals surface area contributed by atoms with Gasteiger partial charge in [0.05, 0.1) is 5.69 Å². The molecule has 4 heteroatoms. The van der Waals surface area contributed by atoms with Crippen molar-refractivity contribution in [2.45, 2.75) is 46.7 Å². The van der Waals surface area contributed by atoms with Crippen LogP contribution in [-0.4, -0.2) is 46.5 Å². The van der Waals surface area contributed by atoms with E-state index < -0.39 is 0 Å². The van der Waals surface area contributed by atoms with E-state index in [1.54, 1.807) is 0 Å². The first-order valence-corrected chi connectivity index (χ1v) is 7.47. The lowest BCUT2D eigenvalue weighted by Crippen LogP contribution is -2.53. The quantitative estimate of drug-likeness (QED) is 0.899. The molecule has 20 heavy (non-hydrogen) atoms. The second-order valence-corrected chi connectivity index (χ2v) is 6.86. The zero-order chi connectivity index (χ0) is 14.9. The predicted molar refractivity (Wildman–Crippen MR) is 84.7 cm³/mol. The zero-order valence-corrected chi connectivity index (χ0v) is 13.5. The molecular weight excluding hydrogens is 248 g/mol. The Kier molecular flexibility index (Phi) is 4.35. The molecule has 2 rings (SSSR count). The van der Waals surface area contributed by atoms with Crippen LogP contribution in [0.15, 0.2) is 6.20 Å². The molecule has 0 unspecified atom stereocenters. The minimum Gasteiger partial charge on any atom is -0.398 e. The van der Waals surface area contributed by atoms with Crippen LogP contribution in [0.5, 0.6) is 0 Å². The van der Waals surface area contributed by atoms with E-state index in [2.05, 4.69) is 42.5 Å². The number of pyridine rings is 1. The van der Waals surface area contributed by atoms with Crippen molar-refractivity contribution in [1.82, 2.24) is 14.8 Å². The summed E-state index contributed by atoms with van der Waals surface area (Å²) >= 11 is 0. The van der Waals surface area contributed by atoms with E-state index in [1.807, 2.05) is 13.1 Å². The highest BCUT2D eigenvalue weighted by atomic mass is 15.3. The fourth-order valence-corrected chi connectivity index (χ4v) is 2.74. The summed E-state index contributed by atoms with van der Waals surface area (Å²) < 4.78 is 0. The molecule has 4 nitrogen and oxygen atoms in total. The maximum atomic E-state index is 6.10. The fourth-order valence-electron chi connectivity index (χ4n) is 2.74. The number of nitrogen functional groups attached to an aromatic ring is 1. The highest BCUT2D eigenvalue weighted by Crippen LogP contribution is 2.21. The average Bonchev–Trinajstić information content (AvgIpc) is 2.39. The van der Waals surface area contributed by atoms with Gasteiger partial charge in [0.2, 0.25) is 0 Å². The van der Waals surface area contributed by atoms with Crippen LogP contribution in [0.2, 0.25) is 0 Å². The number of rotatable bonds is 2. The highest BCUT2D eigenvalue weighted by Gasteiger charge is 2.26. The van der Waals surface area contributed by atoms with Crippen molar-refractivity contribution in [3.05, 3.63) is 23.0 Å². The van der Waals surface area contributed by atoms with Gasteiger partial charge in [0.15, 0.2) is 0 Å². The van der Waals surface area contributed by atoms with E-state index in [4.69, 9.17) is 5.73 Å². The van der Waals surface area contributed by atoms with Crippen molar-refractivity contribution in [2.75, 3.05) is 31.9 Å². The molecule has 1 aromatic heterocycles. The number of hydrogen-bond acceptors (Lipinski definition) is 4. The summed E-state index contributed by atoms with van der Waals surface area (Å²) in [4.78, 5) is 9.59. The van der Waals surface area contributed by atoms with Crippen LogP contribution in [-0.2, 0) is 6.54 Å². The van der Waals surface area contributed by atoms with Crippen LogP contribution >= 0.6 is 0 Å². The second-order valence-electron chi connectivity index (χ2n) is 6.86. The van der Waals surface area contributed by atoms with Crippen molar-refractivity contribution in [1.29, 1.82) is 0 Å². The lowest BCUT2D eigenvalue weighted by atomic mass is 10.0. The van der Waals surface area contributed by atoms with Crippen LogP contribution in [0.25, 0.3) is 0 Å². The van der Waals surface area contributed by atoms with E-state index >= 15 is 0 Å². The molecule has 1 aliphatic heterocycles. The number of aryl methyl sites for hydroxylation is 1. The molecule has 112 valence electrons. The zero-order valence-electron chi connectivity index (χ0n) is 13.5. The first-order chi connectivity index (χ1) is 9.29. The van der Waals surface area contributed by atoms with Gasteiger partial charge in [0.1, 0.15) is 0 Å². The molecule has 0 amide bonds. The molecule has 2 heterocycles. The van der Waals surface area contributed by atoms with Crippen molar-refractivity contribution in [3.8, 4) is 0 Å². The predicted octanol–water partition coefficient (Wildman–Crippen LogP) is 2.20. The molecule has 0 aromatic carbocycles. The Labute approximate surface area is 123 Å². The van der Waals surface area contributed by atoms with Crippen LogP contribution in [0.4, 0.5) is 5.69 Å². The number of hydrogen-bond donors (Lipinski definition) is 1. The van der Waals surface area contributed by atoms with Gasteiger partial charge in [-0.1, -0.05) is 0 Å². The van der Waals surface area contributed by atoms with Crippen LogP contribution < -0.4 is 5.73 Å². The molecule has 1 aromatic rings. The van der Waals surface area contributed by atoms with Gasteiger partial charge in [0, 0.05) is 50.1 Å². The summed E-state index contributed by atoms with van der Waals surface area (Å²) in [5.41, 5.74) is 10.6. The molecular formula is C16H28N4. The van der Waals surface area contributed by atoms with Gasteiger partial charge in [-0.15, -0.1) is 0 Å². The Hall–Kier alpha value is -1.13. The lowest BCUT2D eigenvalue weighted by molar-refractivity contribution is 0.0585. The summed E-state index contributed by atoms with van der Waals surface area (Å²) in [5.74, 6) is 0. The minimum absolute atomic E-state index is 0.272. The van der Waals surface area contributed by atoms with Crippen molar-refractivity contribution in [2.24, 2.45) is 0 Å². The summed E-state index contributed by atoms with van der Waals surface area (Å²) in [7, 11) is 0. The normalized spacial score (nSPS) is 18.4. The number of nitrogens with two attached hydrogens (primary N) is 1. The number of nitrogens with zero attached hydrogens (tertiary/aromatic N) is 3. The van der Waals surface area contributed by atoms with E-state index in [0.29, 0.717) is 0 Å². The first-order valence-electron chi connectivity index (χ1n) is 7.47. The van der Waals surface area contributed by atoms with Gasteiger partial charge in [-0.2, -0.15) is 0 Å². The van der Waals surface area contributed by atoms with Crippen LogP contribution in [0.1, 0.15) is 37.6 Å². The Balaban J connectivity index is 1.98. The number of piperazine rings is 1. The van der Waals surface area contributed by atoms with Crippen molar-refractivity contribution < 1.29 is 0 Å². The Morgan fingerprint density at radius 3 is 2.30 bits per heavy atom. The molecule has 0 atom stereocenters. The van der Waals surface area contributed by atoms with Gasteiger partial charge in [-0.05, 0) is 45.7 Å². The van der Waals surface area contributed by atoms with Crippen LogP contribution in [0.3, 0.4) is 0 Å². The van der Waals surface area contributed by atoms with Gasteiger partial charge in [-0.25, -0.2) is 0 Å². The molecule has 0 saturated carbocycles. The molecule has 1 saturated heterocycles. The third kappa shape index (κ3) is 3.30. The van der Waals surface area contributed by atoms with Crippen molar-refractivity contribution in [3.63, 3.8) is 0 Å². The summed E-state index contributed by atoms with van der Waals surface area (Å²) in [6.45, 7) is 16.3. The summed E-state index contributed by atoms with van der Waals surface area (Å²) in [5, 5.41) is 0. The monoisotopic (exact) mass is 276 g/mol. The molecule has 2 N–H and O–H groups in total. The van der Waals surface area contributed by atoms with E-state index in [9.17, 15) is 0 Å². The largest absolute Gasteiger partial charge is 0.398 e. The maximum Gasteiger partial charge on any atom is 0.0593 e. The topological polar surface area (TPSA) is 45.4 Å².